The van der Waals surface area contributed by atoms with Crippen molar-refractivity contribution in [1.82, 2.24) is 9.97 Å². The molecule has 0 unspecified atom stereocenters. The lowest BCUT2D eigenvalue weighted by atomic mass is 10.1. The van der Waals surface area contributed by atoms with Crippen molar-refractivity contribution >= 4 is 11.8 Å². The van der Waals surface area contributed by atoms with Crippen molar-refractivity contribution in [3.8, 4) is 11.3 Å². The molecule has 0 fully saturated rings. The average molecular weight is 300 g/mol. The predicted octanol–water partition coefficient (Wildman–Crippen LogP) is 3.41. The van der Waals surface area contributed by atoms with Crippen molar-refractivity contribution in [3.63, 3.8) is 0 Å². The number of anilines is 2. The van der Waals surface area contributed by atoms with Crippen LogP contribution in [0.2, 0.25) is 0 Å². The predicted molar refractivity (Wildman–Crippen MR) is 91.2 cm³/mol. The van der Waals surface area contributed by atoms with E-state index in [9.17, 15) is 0 Å². The van der Waals surface area contributed by atoms with E-state index >= 15 is 0 Å². The minimum atomic E-state index is 0.642. The van der Waals surface area contributed by atoms with Crippen LogP contribution in [0.1, 0.15) is 19.8 Å². The van der Waals surface area contributed by atoms with Gasteiger partial charge in [0.25, 0.3) is 0 Å². The summed E-state index contributed by atoms with van der Waals surface area (Å²) in [6, 6.07) is 12.1. The molecule has 0 aliphatic rings. The first-order valence-corrected chi connectivity index (χ1v) is 7.74. The molecule has 0 aliphatic heterocycles. The van der Waals surface area contributed by atoms with E-state index in [1.165, 1.54) is 0 Å². The van der Waals surface area contributed by atoms with Gasteiger partial charge in [-0.15, -0.1) is 0 Å². The Kier molecular flexibility index (Phi) is 6.64. The largest absolute Gasteiger partial charge is 0.383 e. The van der Waals surface area contributed by atoms with Gasteiger partial charge in [0.1, 0.15) is 5.82 Å². The van der Waals surface area contributed by atoms with Gasteiger partial charge in [-0.25, -0.2) is 4.98 Å². The zero-order valence-corrected chi connectivity index (χ0v) is 13.3. The van der Waals surface area contributed by atoms with E-state index in [0.29, 0.717) is 12.6 Å². The quantitative estimate of drug-likeness (QED) is 0.695. The van der Waals surface area contributed by atoms with Gasteiger partial charge in [0.15, 0.2) is 0 Å². The van der Waals surface area contributed by atoms with Gasteiger partial charge in [-0.3, -0.25) is 0 Å². The smallest absolute Gasteiger partial charge is 0.225 e. The second-order valence-corrected chi connectivity index (χ2v) is 5.03. The van der Waals surface area contributed by atoms with E-state index < -0.39 is 0 Å². The summed E-state index contributed by atoms with van der Waals surface area (Å²) in [6.45, 7) is 4.41. The highest BCUT2D eigenvalue weighted by Gasteiger charge is 2.06. The number of methoxy groups -OCH3 is 1. The Morgan fingerprint density at radius 2 is 1.86 bits per heavy atom. The van der Waals surface area contributed by atoms with Gasteiger partial charge in [-0.05, 0) is 6.42 Å². The lowest BCUT2D eigenvalue weighted by Gasteiger charge is -2.11. The molecule has 2 aromatic rings. The Balaban J connectivity index is 2.19. The fourth-order valence-electron chi connectivity index (χ4n) is 2.03. The standard InChI is InChI=1S/C17H24N4O/c1-3-4-10-19-17-20-15(14-8-6-5-7-9-14)13-16(21-17)18-11-12-22-2/h5-9,13H,3-4,10-12H2,1-2H3,(H2,18,19,20,21). The summed E-state index contributed by atoms with van der Waals surface area (Å²) < 4.78 is 5.07. The Morgan fingerprint density at radius 1 is 1.05 bits per heavy atom. The first kappa shape index (κ1) is 16.2. The summed E-state index contributed by atoms with van der Waals surface area (Å²) in [6.07, 6.45) is 2.25. The molecule has 0 bridgehead atoms. The minimum absolute atomic E-state index is 0.642. The Bertz CT molecular complexity index is 532. The minimum Gasteiger partial charge on any atom is -0.383 e. The van der Waals surface area contributed by atoms with Crippen molar-refractivity contribution in [3.05, 3.63) is 36.4 Å². The zero-order valence-electron chi connectivity index (χ0n) is 13.3. The SMILES string of the molecule is CCCCNc1nc(NCCOC)cc(-c2ccccc2)n1. The number of ether oxygens (including phenoxy) is 1. The molecule has 1 aromatic heterocycles. The van der Waals surface area contributed by atoms with Crippen LogP contribution in [0.3, 0.4) is 0 Å². The van der Waals surface area contributed by atoms with Gasteiger partial charge in [0.05, 0.1) is 12.3 Å². The van der Waals surface area contributed by atoms with Crippen molar-refractivity contribution in [2.24, 2.45) is 0 Å². The summed E-state index contributed by atoms with van der Waals surface area (Å²) in [4.78, 5) is 9.12. The molecule has 0 amide bonds. The number of hydrogen-bond donors (Lipinski definition) is 2. The van der Waals surface area contributed by atoms with Gasteiger partial charge < -0.3 is 15.4 Å². The molecule has 118 valence electrons. The van der Waals surface area contributed by atoms with Crippen molar-refractivity contribution in [2.75, 3.05) is 37.4 Å². The van der Waals surface area contributed by atoms with Crippen molar-refractivity contribution < 1.29 is 4.74 Å². The van der Waals surface area contributed by atoms with E-state index in [1.54, 1.807) is 7.11 Å². The number of rotatable bonds is 9. The molecule has 0 aliphatic carbocycles. The van der Waals surface area contributed by atoms with Crippen LogP contribution in [0.25, 0.3) is 11.3 Å². The van der Waals surface area contributed by atoms with Gasteiger partial charge in [-0.2, -0.15) is 4.98 Å². The van der Waals surface area contributed by atoms with E-state index in [4.69, 9.17) is 4.74 Å². The highest BCUT2D eigenvalue weighted by molar-refractivity contribution is 5.64. The number of hydrogen-bond acceptors (Lipinski definition) is 5. The molecule has 5 nitrogen and oxygen atoms in total. The molecule has 0 saturated carbocycles. The maximum Gasteiger partial charge on any atom is 0.225 e. The second kappa shape index (κ2) is 9.00. The third-order valence-corrected chi connectivity index (χ3v) is 3.22. The first-order chi connectivity index (χ1) is 10.8. The van der Waals surface area contributed by atoms with E-state index in [2.05, 4.69) is 39.7 Å². The first-order valence-electron chi connectivity index (χ1n) is 7.74. The molecule has 2 rings (SSSR count). The summed E-state index contributed by atoms with van der Waals surface area (Å²) in [5.41, 5.74) is 1.99. The molecular weight excluding hydrogens is 276 g/mol. The van der Waals surface area contributed by atoms with Crippen LogP contribution in [0.5, 0.6) is 0 Å². The maximum atomic E-state index is 5.07. The van der Waals surface area contributed by atoms with Crippen LogP contribution >= 0.6 is 0 Å². The number of benzene rings is 1. The summed E-state index contributed by atoms with van der Waals surface area (Å²) in [7, 11) is 1.69. The highest BCUT2D eigenvalue weighted by atomic mass is 16.5. The molecule has 0 saturated heterocycles. The number of unbranched alkanes of at least 4 members (excludes halogenated alkanes) is 1. The molecule has 22 heavy (non-hydrogen) atoms. The molecule has 2 N–H and O–H groups in total. The van der Waals surface area contributed by atoms with Crippen LogP contribution in [-0.2, 0) is 4.74 Å². The third kappa shape index (κ3) is 5.00. The molecule has 0 atom stereocenters. The maximum absolute atomic E-state index is 5.07. The topological polar surface area (TPSA) is 59.1 Å². The molecule has 0 spiro atoms. The van der Waals surface area contributed by atoms with E-state index in [0.717, 1.165) is 43.0 Å². The molecular formula is C17H24N4O. The van der Waals surface area contributed by atoms with E-state index in [1.807, 2.05) is 24.3 Å². The lowest BCUT2D eigenvalue weighted by Crippen LogP contribution is -2.12. The van der Waals surface area contributed by atoms with Crippen molar-refractivity contribution in [2.45, 2.75) is 19.8 Å². The Morgan fingerprint density at radius 3 is 2.59 bits per heavy atom. The summed E-state index contributed by atoms with van der Waals surface area (Å²) >= 11 is 0. The lowest BCUT2D eigenvalue weighted by molar-refractivity contribution is 0.210. The fourth-order valence-corrected chi connectivity index (χ4v) is 2.03. The van der Waals surface area contributed by atoms with Gasteiger partial charge in [0.2, 0.25) is 5.95 Å². The Labute approximate surface area is 132 Å². The normalized spacial score (nSPS) is 10.5. The second-order valence-electron chi connectivity index (χ2n) is 5.03. The number of nitrogens with zero attached hydrogens (tertiary/aromatic N) is 2. The van der Waals surface area contributed by atoms with Crippen LogP contribution in [0, 0.1) is 0 Å². The number of nitrogens with one attached hydrogen (secondary N) is 2. The molecule has 0 radical (unpaired) electrons. The zero-order chi connectivity index (χ0) is 15.6. The van der Waals surface area contributed by atoms with Crippen LogP contribution < -0.4 is 10.6 Å². The van der Waals surface area contributed by atoms with Gasteiger partial charge in [-0.1, -0.05) is 43.7 Å². The van der Waals surface area contributed by atoms with Gasteiger partial charge in [0, 0.05) is 31.8 Å². The monoisotopic (exact) mass is 300 g/mol. The van der Waals surface area contributed by atoms with Crippen LogP contribution in [0.15, 0.2) is 36.4 Å². The molecule has 1 heterocycles. The number of aromatic nitrogens is 2. The molecule has 1 aromatic carbocycles. The van der Waals surface area contributed by atoms with Crippen LogP contribution in [0.4, 0.5) is 11.8 Å². The fraction of sp³-hybridized carbons (Fsp3) is 0.412. The summed E-state index contributed by atoms with van der Waals surface area (Å²) in [5, 5.41) is 6.56. The Hall–Kier alpha value is -2.14. The third-order valence-electron chi connectivity index (χ3n) is 3.22. The van der Waals surface area contributed by atoms with Crippen molar-refractivity contribution in [1.29, 1.82) is 0 Å². The van der Waals surface area contributed by atoms with Crippen LogP contribution in [-0.4, -0.2) is 36.8 Å². The highest BCUT2D eigenvalue weighted by Crippen LogP contribution is 2.21. The average Bonchev–Trinajstić information content (AvgIpc) is 2.56. The summed E-state index contributed by atoms with van der Waals surface area (Å²) in [5.74, 6) is 1.47. The van der Waals surface area contributed by atoms with Gasteiger partial charge >= 0.3 is 0 Å². The molecule has 5 heteroatoms. The van der Waals surface area contributed by atoms with E-state index in [-0.39, 0.29) is 0 Å².